The number of carbonyl (C=O) groups excluding carboxylic acids is 3. The van der Waals surface area contributed by atoms with Gasteiger partial charge in [-0.05, 0) is 44.0 Å². The summed E-state index contributed by atoms with van der Waals surface area (Å²) >= 11 is 0. The minimum Gasteiger partial charge on any atom is -0.494 e. The monoisotopic (exact) mass is 558 g/mol. The number of amides is 3. The first-order chi connectivity index (χ1) is 19.9. The molecule has 2 aliphatic rings. The van der Waals surface area contributed by atoms with Crippen LogP contribution in [0.25, 0.3) is 0 Å². The Balaban J connectivity index is 1.28. The molecule has 0 radical (unpaired) electrons. The first-order valence-corrected chi connectivity index (χ1v) is 13.6. The van der Waals surface area contributed by atoms with Crippen LogP contribution < -0.4 is 26.0 Å². The van der Waals surface area contributed by atoms with Crippen LogP contribution in [-0.2, 0) is 11.3 Å². The van der Waals surface area contributed by atoms with Gasteiger partial charge < -0.3 is 26.0 Å². The summed E-state index contributed by atoms with van der Waals surface area (Å²) in [4.78, 5) is 44.8. The number of aromatic nitrogens is 3. The molecule has 1 aliphatic carbocycles. The van der Waals surface area contributed by atoms with Gasteiger partial charge in [-0.1, -0.05) is 12.1 Å². The Morgan fingerprint density at radius 3 is 2.54 bits per heavy atom. The fourth-order valence-electron chi connectivity index (χ4n) is 4.77. The Labute approximate surface area is 238 Å². The number of carbonyl (C=O) groups is 3. The van der Waals surface area contributed by atoms with E-state index < -0.39 is 5.91 Å². The molecule has 1 aliphatic heterocycles. The van der Waals surface area contributed by atoms with Crippen LogP contribution in [-0.4, -0.2) is 71.1 Å². The van der Waals surface area contributed by atoms with Crippen LogP contribution in [0, 0.1) is 11.8 Å². The van der Waals surface area contributed by atoms with Crippen molar-refractivity contribution in [3.05, 3.63) is 65.6 Å². The number of rotatable bonds is 11. The van der Waals surface area contributed by atoms with E-state index in [1.807, 2.05) is 25.1 Å². The van der Waals surface area contributed by atoms with Crippen LogP contribution in [0.15, 0.2) is 48.7 Å². The maximum Gasteiger partial charge on any atom is 0.273 e. The van der Waals surface area contributed by atoms with E-state index in [0.29, 0.717) is 28.6 Å². The first kappa shape index (κ1) is 28.0. The SMILES string of the molecule is CNC(=O)c1nnc(NC(=O)C2CC2)cc1Nc1cccc(C(=O)N[C@@H](C)C2CN(Cc3ccccn3)C2)c1OC. The highest BCUT2D eigenvalue weighted by Crippen LogP contribution is 2.34. The Hall–Kier alpha value is -4.58. The maximum absolute atomic E-state index is 13.3. The van der Waals surface area contributed by atoms with Gasteiger partial charge in [0, 0.05) is 56.8 Å². The lowest BCUT2D eigenvalue weighted by Crippen LogP contribution is -2.55. The molecule has 0 spiro atoms. The molecule has 2 aromatic heterocycles. The van der Waals surface area contributed by atoms with Crippen molar-refractivity contribution in [1.82, 2.24) is 30.7 Å². The summed E-state index contributed by atoms with van der Waals surface area (Å²) < 4.78 is 5.65. The molecular weight excluding hydrogens is 524 g/mol. The number of hydrogen-bond donors (Lipinski definition) is 4. The molecule has 3 amide bonds. The van der Waals surface area contributed by atoms with Crippen LogP contribution in [0.3, 0.4) is 0 Å². The van der Waals surface area contributed by atoms with Crippen molar-refractivity contribution >= 4 is 34.9 Å². The molecule has 12 nitrogen and oxygen atoms in total. The predicted octanol–water partition coefficient (Wildman–Crippen LogP) is 2.58. The number of nitrogens with one attached hydrogen (secondary N) is 4. The highest BCUT2D eigenvalue weighted by atomic mass is 16.5. The molecule has 1 aromatic carbocycles. The van der Waals surface area contributed by atoms with Crippen molar-refractivity contribution in [3.8, 4) is 5.75 Å². The van der Waals surface area contributed by atoms with Gasteiger partial charge in [0.25, 0.3) is 11.8 Å². The number of para-hydroxylation sites is 1. The first-order valence-electron chi connectivity index (χ1n) is 13.6. The van der Waals surface area contributed by atoms with E-state index in [0.717, 1.165) is 38.2 Å². The van der Waals surface area contributed by atoms with E-state index in [-0.39, 0.29) is 35.3 Å². The highest BCUT2D eigenvalue weighted by molar-refractivity contribution is 6.02. The smallest absolute Gasteiger partial charge is 0.273 e. The fourth-order valence-corrected chi connectivity index (χ4v) is 4.77. The van der Waals surface area contributed by atoms with Crippen LogP contribution in [0.4, 0.5) is 17.2 Å². The maximum atomic E-state index is 13.3. The molecule has 12 heteroatoms. The number of nitrogens with zero attached hydrogens (tertiary/aromatic N) is 4. The molecule has 5 rings (SSSR count). The topological polar surface area (TPSA) is 150 Å². The lowest BCUT2D eigenvalue weighted by Gasteiger charge is -2.42. The molecule has 4 N–H and O–H groups in total. The summed E-state index contributed by atoms with van der Waals surface area (Å²) in [6.45, 7) is 4.53. The van der Waals surface area contributed by atoms with Gasteiger partial charge in [-0.15, -0.1) is 10.2 Å². The van der Waals surface area contributed by atoms with Crippen LogP contribution in [0.5, 0.6) is 5.75 Å². The minimum atomic E-state index is -0.459. The zero-order valence-corrected chi connectivity index (χ0v) is 23.3. The van der Waals surface area contributed by atoms with E-state index >= 15 is 0 Å². The lowest BCUT2D eigenvalue weighted by atomic mass is 9.92. The second-order valence-corrected chi connectivity index (χ2v) is 10.4. The molecule has 1 atom stereocenters. The van der Waals surface area contributed by atoms with Crippen molar-refractivity contribution in [1.29, 1.82) is 0 Å². The molecule has 41 heavy (non-hydrogen) atoms. The van der Waals surface area contributed by atoms with Gasteiger partial charge in [0.05, 0.1) is 29.7 Å². The van der Waals surface area contributed by atoms with E-state index in [4.69, 9.17) is 4.74 Å². The summed E-state index contributed by atoms with van der Waals surface area (Å²) in [5.74, 6) is -0.0281. The summed E-state index contributed by atoms with van der Waals surface area (Å²) in [5.41, 5.74) is 2.16. The number of pyridine rings is 1. The van der Waals surface area contributed by atoms with Crippen molar-refractivity contribution < 1.29 is 19.1 Å². The number of anilines is 3. The zero-order valence-electron chi connectivity index (χ0n) is 23.3. The van der Waals surface area contributed by atoms with Gasteiger partial charge in [-0.2, -0.15) is 0 Å². The van der Waals surface area contributed by atoms with Crippen molar-refractivity contribution in [3.63, 3.8) is 0 Å². The van der Waals surface area contributed by atoms with Crippen molar-refractivity contribution in [2.24, 2.45) is 11.8 Å². The Morgan fingerprint density at radius 1 is 1.05 bits per heavy atom. The summed E-state index contributed by atoms with van der Waals surface area (Å²) in [5, 5.41) is 19.6. The number of likely N-dealkylation sites (tertiary alicyclic amines) is 1. The van der Waals surface area contributed by atoms with Crippen LogP contribution in [0.1, 0.15) is 46.3 Å². The Morgan fingerprint density at radius 2 is 1.85 bits per heavy atom. The summed E-state index contributed by atoms with van der Waals surface area (Å²) in [6.07, 6.45) is 3.48. The largest absolute Gasteiger partial charge is 0.494 e. The number of methoxy groups -OCH3 is 1. The molecule has 3 heterocycles. The molecular formula is C29H34N8O4. The standard InChI is InChI=1S/C29H34N8O4/c1-17(19-14-37(15-19)16-20-7-4-5-12-31-20)32-28(39)21-8-6-9-22(26(21)41-3)33-23-13-24(34-27(38)18-10-11-18)35-36-25(23)29(40)30-2/h4-9,12-13,17-19H,10-11,14-16H2,1-3H3,(H,30,40)(H,32,39)(H2,33,34,35,38)/t17-/m0/s1. The molecule has 0 bridgehead atoms. The van der Waals surface area contributed by atoms with Gasteiger partial charge in [0.15, 0.2) is 17.3 Å². The Kier molecular flexibility index (Phi) is 8.39. The second-order valence-electron chi connectivity index (χ2n) is 10.4. The molecule has 2 fully saturated rings. The second kappa shape index (κ2) is 12.3. The van der Waals surface area contributed by atoms with E-state index in [9.17, 15) is 14.4 Å². The molecule has 1 saturated heterocycles. The fraction of sp³-hybridized carbons (Fsp3) is 0.379. The summed E-state index contributed by atoms with van der Waals surface area (Å²) in [7, 11) is 2.97. The normalized spacial score (nSPS) is 15.8. The molecule has 0 unspecified atom stereocenters. The van der Waals surface area contributed by atoms with Gasteiger partial charge in [-0.25, -0.2) is 0 Å². The third-order valence-electron chi connectivity index (χ3n) is 7.33. The van der Waals surface area contributed by atoms with Crippen molar-refractivity contribution in [2.75, 3.05) is 37.9 Å². The highest BCUT2D eigenvalue weighted by Gasteiger charge is 2.33. The van der Waals surface area contributed by atoms with Crippen molar-refractivity contribution in [2.45, 2.75) is 32.4 Å². The zero-order chi connectivity index (χ0) is 28.9. The average Bonchev–Trinajstić information content (AvgIpc) is 3.81. The van der Waals surface area contributed by atoms with Crippen LogP contribution in [0.2, 0.25) is 0 Å². The molecule has 3 aromatic rings. The van der Waals surface area contributed by atoms with Gasteiger partial charge in [0.1, 0.15) is 0 Å². The van der Waals surface area contributed by atoms with Gasteiger partial charge >= 0.3 is 0 Å². The quantitative estimate of drug-likeness (QED) is 0.278. The van der Waals surface area contributed by atoms with Gasteiger partial charge in [-0.3, -0.25) is 24.3 Å². The number of hydrogen-bond acceptors (Lipinski definition) is 9. The predicted molar refractivity (Wildman–Crippen MR) is 153 cm³/mol. The number of benzene rings is 1. The average molecular weight is 559 g/mol. The van der Waals surface area contributed by atoms with E-state index in [1.54, 1.807) is 30.5 Å². The Bertz CT molecular complexity index is 1420. The summed E-state index contributed by atoms with van der Waals surface area (Å²) in [6, 6.07) is 12.5. The van der Waals surface area contributed by atoms with E-state index in [1.165, 1.54) is 14.2 Å². The third kappa shape index (κ3) is 6.60. The molecule has 1 saturated carbocycles. The third-order valence-corrected chi connectivity index (χ3v) is 7.33. The van der Waals surface area contributed by atoms with Gasteiger partial charge in [0.2, 0.25) is 5.91 Å². The van der Waals surface area contributed by atoms with E-state index in [2.05, 4.69) is 41.3 Å². The lowest BCUT2D eigenvalue weighted by molar-refractivity contribution is -0.117. The number of ether oxygens (including phenoxy) is 1. The molecule has 214 valence electrons. The van der Waals surface area contributed by atoms with Crippen LogP contribution >= 0.6 is 0 Å². The minimum absolute atomic E-state index is 0.0200.